The Labute approximate surface area is 62.2 Å². The molecule has 62 valence electrons. The lowest BCUT2D eigenvalue weighted by Gasteiger charge is -1.80. The molecule has 0 atom stereocenters. The van der Waals surface area contributed by atoms with Crippen molar-refractivity contribution < 1.29 is 9.90 Å². The van der Waals surface area contributed by atoms with Gasteiger partial charge in [-0.3, -0.25) is 0 Å². The van der Waals surface area contributed by atoms with Crippen molar-refractivity contribution in [3.63, 3.8) is 0 Å². The second-order valence-electron chi connectivity index (χ2n) is 1.96. The van der Waals surface area contributed by atoms with Crippen LogP contribution in [0.3, 0.4) is 0 Å². The number of Topliss-reactive ketones (excluding diaryl/α,β-unsaturated/α-hetero) is 1. The maximum absolute atomic E-state index is 10.0. The van der Waals surface area contributed by atoms with Gasteiger partial charge in [0.2, 0.25) is 0 Å². The highest BCUT2D eigenvalue weighted by atomic mass is 16.3. The number of hydrogen-bond donors (Lipinski definition) is 2. The number of carbonyl (C=O) groups is 1. The van der Waals surface area contributed by atoms with Crippen LogP contribution in [0.2, 0.25) is 0 Å². The van der Waals surface area contributed by atoms with Crippen LogP contribution in [0.1, 0.15) is 26.7 Å². The van der Waals surface area contributed by atoms with Crippen LogP contribution in [0.15, 0.2) is 0 Å². The SMILES string of the molecule is CCCC(C)=O.NCCO. The highest BCUT2D eigenvalue weighted by Crippen LogP contribution is 1.84. The minimum atomic E-state index is 0.0972. The Morgan fingerprint density at radius 3 is 2.00 bits per heavy atom. The average molecular weight is 147 g/mol. The van der Waals surface area contributed by atoms with E-state index < -0.39 is 0 Å². The van der Waals surface area contributed by atoms with E-state index >= 15 is 0 Å². The molecule has 0 saturated heterocycles. The van der Waals surface area contributed by atoms with E-state index in [2.05, 4.69) is 0 Å². The first kappa shape index (κ1) is 12.3. The summed E-state index contributed by atoms with van der Waals surface area (Å²) in [7, 11) is 0. The van der Waals surface area contributed by atoms with Crippen molar-refractivity contribution in [2.24, 2.45) is 5.73 Å². The van der Waals surface area contributed by atoms with Crippen LogP contribution in [0.4, 0.5) is 0 Å². The van der Waals surface area contributed by atoms with Gasteiger partial charge in [-0.1, -0.05) is 6.92 Å². The van der Waals surface area contributed by atoms with Crippen molar-refractivity contribution in [2.45, 2.75) is 26.7 Å². The van der Waals surface area contributed by atoms with E-state index in [1.54, 1.807) is 6.92 Å². The molecule has 3 heteroatoms. The Kier molecular flexibility index (Phi) is 14.0. The number of aliphatic hydroxyl groups is 1. The fraction of sp³-hybridized carbons (Fsp3) is 0.857. The molecular formula is C7H17NO2. The fourth-order valence-electron chi connectivity index (χ4n) is 0.352. The van der Waals surface area contributed by atoms with Crippen molar-refractivity contribution in [2.75, 3.05) is 13.2 Å². The van der Waals surface area contributed by atoms with Gasteiger partial charge in [-0.25, -0.2) is 0 Å². The van der Waals surface area contributed by atoms with Gasteiger partial charge in [-0.15, -0.1) is 0 Å². The van der Waals surface area contributed by atoms with Crippen LogP contribution in [0, 0.1) is 0 Å². The summed E-state index contributed by atoms with van der Waals surface area (Å²) in [5, 5.41) is 7.75. The molecule has 0 aromatic carbocycles. The monoisotopic (exact) mass is 147 g/mol. The quantitative estimate of drug-likeness (QED) is 0.604. The number of rotatable bonds is 3. The standard InChI is InChI=1S/C5H10O.C2H7NO/c1-3-4-5(2)6;3-1-2-4/h3-4H2,1-2H3;4H,1-3H2. The van der Waals surface area contributed by atoms with Crippen molar-refractivity contribution in [1.29, 1.82) is 0 Å². The van der Waals surface area contributed by atoms with Crippen LogP contribution in [0.5, 0.6) is 0 Å². The molecule has 0 aromatic heterocycles. The van der Waals surface area contributed by atoms with Crippen molar-refractivity contribution in [3.8, 4) is 0 Å². The molecule has 0 radical (unpaired) electrons. The molecule has 0 aromatic rings. The van der Waals surface area contributed by atoms with Gasteiger partial charge in [0, 0.05) is 13.0 Å². The molecule has 0 heterocycles. The largest absolute Gasteiger partial charge is 0.395 e. The summed E-state index contributed by atoms with van der Waals surface area (Å²) >= 11 is 0. The van der Waals surface area contributed by atoms with Crippen LogP contribution >= 0.6 is 0 Å². The average Bonchev–Trinajstić information content (AvgIpc) is 1.89. The zero-order chi connectivity index (χ0) is 8.41. The van der Waals surface area contributed by atoms with E-state index in [0.717, 1.165) is 12.8 Å². The van der Waals surface area contributed by atoms with Gasteiger partial charge in [-0.05, 0) is 13.3 Å². The van der Waals surface area contributed by atoms with Crippen LogP contribution < -0.4 is 5.73 Å². The molecular weight excluding hydrogens is 130 g/mol. The fourth-order valence-corrected chi connectivity index (χ4v) is 0.352. The molecule has 0 aliphatic rings. The van der Waals surface area contributed by atoms with Gasteiger partial charge in [-0.2, -0.15) is 0 Å². The first-order valence-electron chi connectivity index (χ1n) is 3.49. The Morgan fingerprint density at radius 2 is 2.00 bits per heavy atom. The minimum Gasteiger partial charge on any atom is -0.395 e. The third-order valence-electron chi connectivity index (χ3n) is 0.731. The third kappa shape index (κ3) is 25.6. The topological polar surface area (TPSA) is 63.3 Å². The van der Waals surface area contributed by atoms with Crippen LogP contribution in [-0.4, -0.2) is 24.0 Å². The number of hydrogen-bond acceptors (Lipinski definition) is 3. The molecule has 0 bridgehead atoms. The van der Waals surface area contributed by atoms with Gasteiger partial charge in [0.1, 0.15) is 5.78 Å². The Bertz CT molecular complexity index is 72.0. The maximum Gasteiger partial charge on any atom is 0.129 e. The van der Waals surface area contributed by atoms with E-state index in [4.69, 9.17) is 10.8 Å². The van der Waals surface area contributed by atoms with Crippen LogP contribution in [-0.2, 0) is 4.79 Å². The second-order valence-corrected chi connectivity index (χ2v) is 1.96. The normalized spacial score (nSPS) is 8.00. The molecule has 0 saturated carbocycles. The molecule has 10 heavy (non-hydrogen) atoms. The van der Waals surface area contributed by atoms with Gasteiger partial charge in [0.15, 0.2) is 0 Å². The molecule has 0 amide bonds. The summed E-state index contributed by atoms with van der Waals surface area (Å²) in [5.41, 5.74) is 4.78. The third-order valence-corrected chi connectivity index (χ3v) is 0.731. The first-order chi connectivity index (χ1) is 4.68. The lowest BCUT2D eigenvalue weighted by atomic mass is 10.3. The number of nitrogens with two attached hydrogens (primary N) is 1. The summed E-state index contributed by atoms with van der Waals surface area (Å²) < 4.78 is 0. The van der Waals surface area contributed by atoms with Crippen molar-refractivity contribution in [3.05, 3.63) is 0 Å². The highest BCUT2D eigenvalue weighted by molar-refractivity contribution is 5.75. The predicted octanol–water partition coefficient (Wildman–Crippen LogP) is 0.313. The van der Waals surface area contributed by atoms with Crippen molar-refractivity contribution >= 4 is 5.78 Å². The second kappa shape index (κ2) is 11.4. The zero-order valence-corrected chi connectivity index (χ0v) is 6.76. The highest BCUT2D eigenvalue weighted by Gasteiger charge is 1.83. The molecule has 0 aliphatic heterocycles. The number of aliphatic hydroxyl groups excluding tert-OH is 1. The lowest BCUT2D eigenvalue weighted by Crippen LogP contribution is -2.02. The smallest absolute Gasteiger partial charge is 0.129 e. The summed E-state index contributed by atoms with van der Waals surface area (Å²) in [4.78, 5) is 10.0. The van der Waals surface area contributed by atoms with Gasteiger partial charge >= 0.3 is 0 Å². The maximum atomic E-state index is 10.0. The summed E-state index contributed by atoms with van der Waals surface area (Å²) in [6, 6.07) is 0. The first-order valence-corrected chi connectivity index (χ1v) is 3.49. The summed E-state index contributed by atoms with van der Waals surface area (Å²) in [6.45, 7) is 4.09. The van der Waals surface area contributed by atoms with E-state index in [1.807, 2.05) is 6.92 Å². The van der Waals surface area contributed by atoms with E-state index in [9.17, 15) is 4.79 Å². The molecule has 0 aliphatic carbocycles. The van der Waals surface area contributed by atoms with Gasteiger partial charge in [0.25, 0.3) is 0 Å². The van der Waals surface area contributed by atoms with Crippen molar-refractivity contribution in [1.82, 2.24) is 0 Å². The van der Waals surface area contributed by atoms with Crippen LogP contribution in [0.25, 0.3) is 0 Å². The summed E-state index contributed by atoms with van der Waals surface area (Å²) in [5.74, 6) is 0.289. The Morgan fingerprint density at radius 1 is 1.60 bits per heavy atom. The molecule has 0 spiro atoms. The van der Waals surface area contributed by atoms with E-state index in [-0.39, 0.29) is 12.4 Å². The minimum absolute atomic E-state index is 0.0972. The molecule has 0 rings (SSSR count). The molecule has 0 unspecified atom stereocenters. The Balaban J connectivity index is 0. The Hall–Kier alpha value is -0.410. The number of ketones is 1. The van der Waals surface area contributed by atoms with Gasteiger partial charge in [0.05, 0.1) is 6.61 Å². The lowest BCUT2D eigenvalue weighted by molar-refractivity contribution is -0.117. The summed E-state index contributed by atoms with van der Waals surface area (Å²) in [6.07, 6.45) is 1.72. The van der Waals surface area contributed by atoms with Gasteiger partial charge < -0.3 is 15.6 Å². The van der Waals surface area contributed by atoms with E-state index in [1.165, 1.54) is 0 Å². The molecule has 3 N–H and O–H groups in total. The van der Waals surface area contributed by atoms with E-state index in [0.29, 0.717) is 6.54 Å². The zero-order valence-electron chi connectivity index (χ0n) is 6.76. The molecule has 0 fully saturated rings. The molecule has 3 nitrogen and oxygen atoms in total. The number of carbonyl (C=O) groups excluding carboxylic acids is 1. The predicted molar refractivity (Wildman–Crippen MR) is 41.7 cm³/mol.